The number of hydrogen-bond donors (Lipinski definition) is 1. The maximum absolute atomic E-state index is 5.36. The van der Waals surface area contributed by atoms with E-state index in [1.54, 1.807) is 0 Å². The summed E-state index contributed by atoms with van der Waals surface area (Å²) in [4.78, 5) is 4.30. The van der Waals surface area contributed by atoms with Crippen LogP contribution < -0.4 is 5.32 Å². The van der Waals surface area contributed by atoms with Gasteiger partial charge in [-0.3, -0.25) is 0 Å². The van der Waals surface area contributed by atoms with Crippen molar-refractivity contribution in [3.05, 3.63) is 48.0 Å². The molecule has 0 fully saturated rings. The first-order valence-corrected chi connectivity index (χ1v) is 5.64. The Labute approximate surface area is 102 Å². The molecule has 0 unspecified atom stereocenters. The van der Waals surface area contributed by atoms with Gasteiger partial charge >= 0.3 is 0 Å². The number of aromatic nitrogens is 2. The molecule has 0 saturated heterocycles. The van der Waals surface area contributed by atoms with Crippen LogP contribution in [0.25, 0.3) is 0 Å². The van der Waals surface area contributed by atoms with E-state index in [4.69, 9.17) is 6.42 Å². The van der Waals surface area contributed by atoms with Crippen molar-refractivity contribution in [3.63, 3.8) is 0 Å². The monoisotopic (exact) mass is 225 g/mol. The number of hydrogen-bond acceptors (Lipinski definition) is 2. The van der Waals surface area contributed by atoms with E-state index < -0.39 is 0 Å². The first-order chi connectivity index (χ1) is 8.33. The minimum Gasteiger partial charge on any atom is -0.378 e. The molecule has 0 aliphatic carbocycles. The summed E-state index contributed by atoms with van der Waals surface area (Å²) >= 11 is 0. The molecule has 0 saturated carbocycles. The van der Waals surface area contributed by atoms with Crippen LogP contribution in [0.4, 0.5) is 5.69 Å². The third-order valence-corrected chi connectivity index (χ3v) is 2.62. The SMILES string of the molecule is C#Cc1cccc(NCc2nccn2CC)c1. The highest BCUT2D eigenvalue weighted by atomic mass is 15.1. The maximum Gasteiger partial charge on any atom is 0.128 e. The molecule has 0 aliphatic rings. The summed E-state index contributed by atoms with van der Waals surface area (Å²) < 4.78 is 2.11. The topological polar surface area (TPSA) is 29.9 Å². The van der Waals surface area contributed by atoms with Gasteiger partial charge in [0.1, 0.15) is 5.82 Å². The second-order valence-electron chi connectivity index (χ2n) is 3.71. The second kappa shape index (κ2) is 5.22. The first-order valence-electron chi connectivity index (χ1n) is 5.64. The smallest absolute Gasteiger partial charge is 0.128 e. The molecule has 17 heavy (non-hydrogen) atoms. The molecule has 0 atom stereocenters. The van der Waals surface area contributed by atoms with Crippen molar-refractivity contribution in [1.82, 2.24) is 9.55 Å². The van der Waals surface area contributed by atoms with E-state index in [0.29, 0.717) is 6.54 Å². The normalized spacial score (nSPS) is 9.88. The van der Waals surface area contributed by atoms with Crippen LogP contribution in [0.1, 0.15) is 18.3 Å². The van der Waals surface area contributed by atoms with Gasteiger partial charge < -0.3 is 9.88 Å². The Bertz CT molecular complexity index is 534. The molecule has 1 aromatic carbocycles. The lowest BCUT2D eigenvalue weighted by atomic mass is 10.2. The predicted molar refractivity (Wildman–Crippen MR) is 69.6 cm³/mol. The van der Waals surface area contributed by atoms with Crippen LogP contribution in [0, 0.1) is 12.3 Å². The van der Waals surface area contributed by atoms with Gasteiger partial charge in [0.15, 0.2) is 0 Å². The van der Waals surface area contributed by atoms with Crippen molar-refractivity contribution in [2.24, 2.45) is 0 Å². The first kappa shape index (κ1) is 11.3. The van der Waals surface area contributed by atoms with E-state index in [0.717, 1.165) is 23.6 Å². The Morgan fingerprint density at radius 2 is 2.35 bits per heavy atom. The average molecular weight is 225 g/mol. The van der Waals surface area contributed by atoms with Crippen LogP contribution >= 0.6 is 0 Å². The molecule has 0 aliphatic heterocycles. The van der Waals surface area contributed by atoms with Crippen molar-refractivity contribution >= 4 is 5.69 Å². The van der Waals surface area contributed by atoms with Gasteiger partial charge in [0.2, 0.25) is 0 Å². The zero-order chi connectivity index (χ0) is 12.1. The van der Waals surface area contributed by atoms with E-state index in [1.807, 2.05) is 36.7 Å². The summed E-state index contributed by atoms with van der Waals surface area (Å²) in [6.07, 6.45) is 9.16. The molecule has 3 nitrogen and oxygen atoms in total. The lowest BCUT2D eigenvalue weighted by Crippen LogP contribution is -2.07. The van der Waals surface area contributed by atoms with E-state index in [9.17, 15) is 0 Å². The average Bonchev–Trinajstić information content (AvgIpc) is 2.84. The number of rotatable bonds is 4. The van der Waals surface area contributed by atoms with Gasteiger partial charge in [0.05, 0.1) is 6.54 Å². The zero-order valence-electron chi connectivity index (χ0n) is 9.85. The van der Waals surface area contributed by atoms with Gasteiger partial charge in [-0.15, -0.1) is 6.42 Å². The van der Waals surface area contributed by atoms with Gasteiger partial charge in [-0.1, -0.05) is 12.0 Å². The summed E-state index contributed by atoms with van der Waals surface area (Å²) in [6.45, 7) is 3.74. The minimum absolute atomic E-state index is 0.703. The molecule has 1 aromatic heterocycles. The van der Waals surface area contributed by atoms with Crippen LogP contribution in [-0.4, -0.2) is 9.55 Å². The Kier molecular flexibility index (Phi) is 3.46. The van der Waals surface area contributed by atoms with E-state index in [-0.39, 0.29) is 0 Å². The van der Waals surface area contributed by atoms with Crippen LogP contribution in [0.3, 0.4) is 0 Å². The molecule has 0 spiro atoms. The maximum atomic E-state index is 5.36. The van der Waals surface area contributed by atoms with E-state index >= 15 is 0 Å². The second-order valence-corrected chi connectivity index (χ2v) is 3.71. The summed E-state index contributed by atoms with van der Waals surface area (Å²) in [5.74, 6) is 3.65. The highest BCUT2D eigenvalue weighted by molar-refractivity contribution is 5.49. The molecule has 2 aromatic rings. The lowest BCUT2D eigenvalue weighted by Gasteiger charge is -2.08. The Hall–Kier alpha value is -2.21. The summed E-state index contributed by atoms with van der Waals surface area (Å²) in [5, 5.41) is 3.32. The van der Waals surface area contributed by atoms with Gasteiger partial charge in [-0.2, -0.15) is 0 Å². The van der Waals surface area contributed by atoms with Crippen LogP contribution in [0.15, 0.2) is 36.7 Å². The standard InChI is InChI=1S/C14H15N3/c1-3-12-6-5-7-13(10-12)16-11-14-15-8-9-17(14)4-2/h1,5-10,16H,4,11H2,2H3. The Morgan fingerprint density at radius 3 is 3.12 bits per heavy atom. The van der Waals surface area contributed by atoms with E-state index in [1.165, 1.54) is 0 Å². The number of anilines is 1. The third kappa shape index (κ3) is 2.67. The highest BCUT2D eigenvalue weighted by Gasteiger charge is 2.00. The number of imidazole rings is 1. The lowest BCUT2D eigenvalue weighted by molar-refractivity contribution is 0.708. The minimum atomic E-state index is 0.703. The Morgan fingerprint density at radius 1 is 1.47 bits per heavy atom. The van der Waals surface area contributed by atoms with Crippen molar-refractivity contribution in [2.45, 2.75) is 20.0 Å². The largest absolute Gasteiger partial charge is 0.378 e. The van der Waals surface area contributed by atoms with Crippen LogP contribution in [0.5, 0.6) is 0 Å². The molecule has 1 heterocycles. The fourth-order valence-electron chi connectivity index (χ4n) is 1.70. The van der Waals surface area contributed by atoms with Crippen molar-refractivity contribution in [1.29, 1.82) is 0 Å². The zero-order valence-corrected chi connectivity index (χ0v) is 9.85. The van der Waals surface area contributed by atoms with Crippen molar-refractivity contribution in [3.8, 4) is 12.3 Å². The van der Waals surface area contributed by atoms with Gasteiger partial charge in [-0.05, 0) is 25.1 Å². The molecule has 2 rings (SSSR count). The molecule has 1 N–H and O–H groups in total. The number of terminal acetylenes is 1. The predicted octanol–water partition coefficient (Wildman–Crippen LogP) is 2.50. The molecule has 0 bridgehead atoms. The highest BCUT2D eigenvalue weighted by Crippen LogP contribution is 2.11. The third-order valence-electron chi connectivity index (χ3n) is 2.62. The quantitative estimate of drug-likeness (QED) is 0.810. The Balaban J connectivity index is 2.05. The molecule has 0 radical (unpaired) electrons. The number of benzene rings is 1. The van der Waals surface area contributed by atoms with Gasteiger partial charge in [0, 0.05) is 30.2 Å². The van der Waals surface area contributed by atoms with Crippen LogP contribution in [-0.2, 0) is 13.1 Å². The number of nitrogens with zero attached hydrogens (tertiary/aromatic N) is 2. The van der Waals surface area contributed by atoms with Crippen molar-refractivity contribution < 1.29 is 0 Å². The van der Waals surface area contributed by atoms with Gasteiger partial charge in [0.25, 0.3) is 0 Å². The number of aryl methyl sites for hydroxylation is 1. The van der Waals surface area contributed by atoms with E-state index in [2.05, 4.69) is 27.7 Å². The van der Waals surface area contributed by atoms with Crippen LogP contribution in [0.2, 0.25) is 0 Å². The fraction of sp³-hybridized carbons (Fsp3) is 0.214. The molecule has 3 heteroatoms. The summed E-state index contributed by atoms with van der Waals surface area (Å²) in [5.41, 5.74) is 1.90. The van der Waals surface area contributed by atoms with Gasteiger partial charge in [-0.25, -0.2) is 4.98 Å². The fourth-order valence-corrected chi connectivity index (χ4v) is 1.70. The summed E-state index contributed by atoms with van der Waals surface area (Å²) in [6, 6.07) is 7.82. The molecular weight excluding hydrogens is 210 g/mol. The summed E-state index contributed by atoms with van der Waals surface area (Å²) in [7, 11) is 0. The molecule has 86 valence electrons. The molecule has 0 amide bonds. The number of nitrogens with one attached hydrogen (secondary N) is 1. The molecular formula is C14H15N3. The van der Waals surface area contributed by atoms with Crippen molar-refractivity contribution in [2.75, 3.05) is 5.32 Å².